The summed E-state index contributed by atoms with van der Waals surface area (Å²) in [5, 5.41) is 6.49. The third-order valence-electron chi connectivity index (χ3n) is 5.03. The van der Waals surface area contributed by atoms with Gasteiger partial charge in [-0.15, -0.1) is 24.0 Å². The molecule has 0 bridgehead atoms. The summed E-state index contributed by atoms with van der Waals surface area (Å²) in [4.78, 5) is 6.64. The van der Waals surface area contributed by atoms with E-state index in [9.17, 15) is 8.78 Å². The maximum Gasteiger partial charge on any atom is 0.387 e. The number of nitrogens with zero attached hydrogens (tertiary/aromatic N) is 2. The first-order valence-electron chi connectivity index (χ1n) is 9.83. The minimum absolute atomic E-state index is 0. The number of piperidine rings is 1. The van der Waals surface area contributed by atoms with Gasteiger partial charge >= 0.3 is 6.61 Å². The van der Waals surface area contributed by atoms with Crippen molar-refractivity contribution in [2.45, 2.75) is 26.0 Å². The Morgan fingerprint density at radius 2 is 1.97 bits per heavy atom. The second-order valence-electron chi connectivity index (χ2n) is 6.94. The van der Waals surface area contributed by atoms with Gasteiger partial charge in [0.1, 0.15) is 11.5 Å². The summed E-state index contributed by atoms with van der Waals surface area (Å²) in [6, 6.07) is 4.75. The molecule has 0 atom stereocenters. The lowest BCUT2D eigenvalue weighted by Crippen LogP contribution is -2.43. The molecule has 1 aliphatic heterocycles. The molecule has 2 N–H and O–H groups in total. The standard InChI is InChI=1S/C20H32F2N4O3.HI/c1-23-20(24-13-15-6-8-26(9-7-15)10-11-27-2)25-14-16-12-17(28-3)4-5-18(16)29-19(21)22;/h4-5,12,15,19H,6-11,13-14H2,1-3H3,(H2,23,24,25);1H. The highest BCUT2D eigenvalue weighted by atomic mass is 127. The monoisotopic (exact) mass is 542 g/mol. The van der Waals surface area contributed by atoms with Gasteiger partial charge in [-0.05, 0) is 50.0 Å². The van der Waals surface area contributed by atoms with Crippen LogP contribution in [0.25, 0.3) is 0 Å². The van der Waals surface area contributed by atoms with E-state index in [-0.39, 0.29) is 36.3 Å². The fourth-order valence-corrected chi connectivity index (χ4v) is 3.31. The van der Waals surface area contributed by atoms with Gasteiger partial charge in [-0.2, -0.15) is 8.78 Å². The smallest absolute Gasteiger partial charge is 0.387 e. The third kappa shape index (κ3) is 9.17. The van der Waals surface area contributed by atoms with Crippen LogP contribution in [0.3, 0.4) is 0 Å². The highest BCUT2D eigenvalue weighted by Gasteiger charge is 2.19. The average molecular weight is 542 g/mol. The van der Waals surface area contributed by atoms with E-state index in [1.807, 2.05) is 0 Å². The van der Waals surface area contributed by atoms with E-state index in [1.54, 1.807) is 26.3 Å². The number of hydrogen-bond donors (Lipinski definition) is 2. The largest absolute Gasteiger partial charge is 0.497 e. The van der Waals surface area contributed by atoms with Crippen molar-refractivity contribution >= 4 is 29.9 Å². The molecule has 172 valence electrons. The lowest BCUT2D eigenvalue weighted by atomic mass is 9.97. The van der Waals surface area contributed by atoms with E-state index in [4.69, 9.17) is 9.47 Å². The van der Waals surface area contributed by atoms with E-state index in [0.717, 1.165) is 45.6 Å². The molecule has 0 spiro atoms. The van der Waals surface area contributed by atoms with Crippen LogP contribution in [0.4, 0.5) is 8.78 Å². The van der Waals surface area contributed by atoms with Crippen molar-refractivity contribution in [1.29, 1.82) is 0 Å². The van der Waals surface area contributed by atoms with Crippen molar-refractivity contribution in [3.05, 3.63) is 23.8 Å². The van der Waals surface area contributed by atoms with Gasteiger partial charge in [0.2, 0.25) is 0 Å². The van der Waals surface area contributed by atoms with Crippen molar-refractivity contribution in [1.82, 2.24) is 15.5 Å². The van der Waals surface area contributed by atoms with Crippen LogP contribution in [0.5, 0.6) is 11.5 Å². The molecule has 0 saturated carbocycles. The molecule has 7 nitrogen and oxygen atoms in total. The summed E-state index contributed by atoms with van der Waals surface area (Å²) in [6.45, 7) is 2.10. The van der Waals surface area contributed by atoms with Gasteiger partial charge in [0, 0.05) is 39.4 Å². The predicted molar refractivity (Wildman–Crippen MR) is 124 cm³/mol. The van der Waals surface area contributed by atoms with E-state index in [1.165, 1.54) is 13.2 Å². The first-order valence-corrected chi connectivity index (χ1v) is 9.83. The predicted octanol–water partition coefficient (Wildman–Crippen LogP) is 2.94. The molecule has 30 heavy (non-hydrogen) atoms. The number of alkyl halides is 2. The maximum atomic E-state index is 12.7. The fraction of sp³-hybridized carbons (Fsp3) is 0.650. The van der Waals surface area contributed by atoms with Crippen molar-refractivity contribution in [2.24, 2.45) is 10.9 Å². The molecule has 1 aliphatic rings. The number of nitrogens with one attached hydrogen (secondary N) is 2. The number of guanidine groups is 1. The van der Waals surface area contributed by atoms with Crippen molar-refractivity contribution < 1.29 is 23.0 Å². The molecule has 1 fully saturated rings. The first kappa shape index (κ1) is 26.6. The number of likely N-dealkylation sites (tertiary alicyclic amines) is 1. The van der Waals surface area contributed by atoms with Crippen LogP contribution in [0, 0.1) is 5.92 Å². The lowest BCUT2D eigenvalue weighted by molar-refractivity contribution is -0.0504. The Hall–Kier alpha value is -1.40. The van der Waals surface area contributed by atoms with Crippen LogP contribution in [0.15, 0.2) is 23.2 Å². The zero-order valence-electron chi connectivity index (χ0n) is 17.8. The van der Waals surface area contributed by atoms with Crippen LogP contribution in [-0.4, -0.2) is 71.5 Å². The molecular formula is C20H33F2IN4O3. The Morgan fingerprint density at radius 3 is 2.57 bits per heavy atom. The summed E-state index contributed by atoms with van der Waals surface area (Å²) in [5.41, 5.74) is 0.569. The molecule has 0 radical (unpaired) electrons. The van der Waals surface area contributed by atoms with E-state index < -0.39 is 6.61 Å². The minimum Gasteiger partial charge on any atom is -0.497 e. The third-order valence-corrected chi connectivity index (χ3v) is 5.03. The molecule has 1 saturated heterocycles. The topological polar surface area (TPSA) is 67.4 Å². The minimum atomic E-state index is -2.88. The zero-order valence-corrected chi connectivity index (χ0v) is 20.2. The first-order chi connectivity index (χ1) is 14.0. The number of benzene rings is 1. The molecule has 1 aromatic rings. The van der Waals surface area contributed by atoms with Gasteiger partial charge in [0.25, 0.3) is 0 Å². The number of aliphatic imine (C=N–C) groups is 1. The van der Waals surface area contributed by atoms with Gasteiger partial charge < -0.3 is 29.7 Å². The number of halogens is 3. The molecule has 1 aromatic carbocycles. The van der Waals surface area contributed by atoms with Crippen molar-refractivity contribution in [2.75, 3.05) is 54.1 Å². The Morgan fingerprint density at radius 1 is 1.23 bits per heavy atom. The maximum absolute atomic E-state index is 12.7. The van der Waals surface area contributed by atoms with Gasteiger partial charge in [0.05, 0.1) is 13.7 Å². The van der Waals surface area contributed by atoms with E-state index >= 15 is 0 Å². The van der Waals surface area contributed by atoms with E-state index in [2.05, 4.69) is 25.3 Å². The van der Waals surface area contributed by atoms with Gasteiger partial charge in [-0.3, -0.25) is 4.99 Å². The van der Waals surface area contributed by atoms with Gasteiger partial charge in [-0.25, -0.2) is 0 Å². The van der Waals surface area contributed by atoms with E-state index in [0.29, 0.717) is 23.2 Å². The fourth-order valence-electron chi connectivity index (χ4n) is 3.31. The summed E-state index contributed by atoms with van der Waals surface area (Å²) >= 11 is 0. The summed E-state index contributed by atoms with van der Waals surface area (Å²) < 4.78 is 40.2. The Bertz CT molecular complexity index is 644. The molecule has 2 rings (SSSR count). The quantitative estimate of drug-likeness (QED) is 0.270. The highest BCUT2D eigenvalue weighted by Crippen LogP contribution is 2.25. The van der Waals surface area contributed by atoms with Crippen LogP contribution in [-0.2, 0) is 11.3 Å². The molecular weight excluding hydrogens is 509 g/mol. The molecule has 10 heteroatoms. The van der Waals surface area contributed by atoms with Crippen LogP contribution >= 0.6 is 24.0 Å². The van der Waals surface area contributed by atoms with Crippen molar-refractivity contribution in [3.63, 3.8) is 0 Å². The Kier molecular flexibility index (Phi) is 12.9. The number of hydrogen-bond acceptors (Lipinski definition) is 5. The van der Waals surface area contributed by atoms with Crippen molar-refractivity contribution in [3.8, 4) is 11.5 Å². The molecule has 0 aliphatic carbocycles. The molecule has 1 heterocycles. The average Bonchev–Trinajstić information content (AvgIpc) is 2.73. The summed E-state index contributed by atoms with van der Waals surface area (Å²) in [6.07, 6.45) is 2.24. The number of ether oxygens (including phenoxy) is 3. The van der Waals surface area contributed by atoms with Crippen LogP contribution < -0.4 is 20.1 Å². The van der Waals surface area contributed by atoms with Gasteiger partial charge in [-0.1, -0.05) is 0 Å². The summed E-state index contributed by atoms with van der Waals surface area (Å²) in [7, 11) is 4.94. The lowest BCUT2D eigenvalue weighted by Gasteiger charge is -2.32. The van der Waals surface area contributed by atoms with Crippen LogP contribution in [0.2, 0.25) is 0 Å². The number of methoxy groups -OCH3 is 2. The molecule has 0 unspecified atom stereocenters. The molecule has 0 amide bonds. The Labute approximate surface area is 194 Å². The second-order valence-corrected chi connectivity index (χ2v) is 6.94. The highest BCUT2D eigenvalue weighted by molar-refractivity contribution is 14.0. The molecule has 0 aromatic heterocycles. The van der Waals surface area contributed by atoms with Crippen LogP contribution in [0.1, 0.15) is 18.4 Å². The normalized spacial score (nSPS) is 15.6. The number of rotatable bonds is 10. The Balaban J connectivity index is 0.00000450. The SMILES string of the molecule is CN=C(NCc1cc(OC)ccc1OC(F)F)NCC1CCN(CCOC)CC1.I. The second kappa shape index (κ2) is 14.6. The zero-order chi connectivity index (χ0) is 21.1. The van der Waals surface area contributed by atoms with Gasteiger partial charge in [0.15, 0.2) is 5.96 Å². The summed E-state index contributed by atoms with van der Waals surface area (Å²) in [5.74, 6) is 1.89.